The molecule has 0 bridgehead atoms. The molecule has 5 heteroatoms. The number of nitrogens with zero attached hydrogens (tertiary/aromatic N) is 1. The number of esters is 1. The Morgan fingerprint density at radius 1 is 1.40 bits per heavy atom. The van der Waals surface area contributed by atoms with Crippen LogP contribution < -0.4 is 0 Å². The van der Waals surface area contributed by atoms with Gasteiger partial charge in [0, 0.05) is 5.54 Å². The zero-order valence-corrected chi connectivity index (χ0v) is 10.0. The third-order valence-electron chi connectivity index (χ3n) is 2.43. The summed E-state index contributed by atoms with van der Waals surface area (Å²) in [5.41, 5.74) is -1.25. The van der Waals surface area contributed by atoms with Crippen molar-refractivity contribution in [2.45, 2.75) is 39.7 Å². The van der Waals surface area contributed by atoms with Crippen molar-refractivity contribution in [2.75, 3.05) is 7.11 Å². The van der Waals surface area contributed by atoms with E-state index in [0.717, 1.165) is 4.81 Å². The first-order valence-electron chi connectivity index (χ1n) is 4.75. The van der Waals surface area contributed by atoms with Crippen LogP contribution in [0.15, 0.2) is 0 Å². The van der Waals surface area contributed by atoms with Crippen LogP contribution in [0.5, 0.6) is 0 Å². The van der Waals surface area contributed by atoms with Crippen molar-refractivity contribution in [3.8, 4) is 0 Å². The molecule has 4 nitrogen and oxygen atoms in total. The second kappa shape index (κ2) is 4.68. The number of hydrogen-bond acceptors (Lipinski definition) is 3. The van der Waals surface area contributed by atoms with Crippen molar-refractivity contribution in [3.63, 3.8) is 0 Å². The number of rotatable bonds is 5. The summed E-state index contributed by atoms with van der Waals surface area (Å²) in [6.45, 7) is 7.12. The van der Waals surface area contributed by atoms with E-state index in [1.165, 1.54) is 7.11 Å². The molecule has 0 heterocycles. The summed E-state index contributed by atoms with van der Waals surface area (Å²) in [7, 11) is 6.86. The minimum atomic E-state index is -0.668. The van der Waals surface area contributed by atoms with Gasteiger partial charge in [0.25, 0.3) is 0 Å². The Bertz CT molecular complexity index is 251. The van der Waals surface area contributed by atoms with Crippen LogP contribution in [0.2, 0.25) is 0 Å². The molecular weight excluding hydrogens is 193 g/mol. The zero-order chi connectivity index (χ0) is 12.3. The van der Waals surface area contributed by atoms with E-state index in [2.05, 4.69) is 4.74 Å². The van der Waals surface area contributed by atoms with Gasteiger partial charge in [0.15, 0.2) is 6.41 Å². The fourth-order valence-corrected chi connectivity index (χ4v) is 1.66. The topological polar surface area (TPSA) is 46.6 Å². The van der Waals surface area contributed by atoms with E-state index in [-0.39, 0.29) is 5.97 Å². The molecule has 0 N–H and O–H groups in total. The molecule has 0 aromatic heterocycles. The van der Waals surface area contributed by atoms with Crippen molar-refractivity contribution >= 4 is 20.4 Å². The highest BCUT2D eigenvalue weighted by atomic mass is 16.5. The van der Waals surface area contributed by atoms with E-state index >= 15 is 0 Å². The highest BCUT2D eigenvalue weighted by Crippen LogP contribution is 2.31. The van der Waals surface area contributed by atoms with E-state index in [4.69, 9.17) is 7.98 Å². The van der Waals surface area contributed by atoms with Crippen LogP contribution in [0.25, 0.3) is 0 Å². The van der Waals surface area contributed by atoms with Gasteiger partial charge in [-0.05, 0) is 34.1 Å². The fourth-order valence-electron chi connectivity index (χ4n) is 1.66. The lowest BCUT2D eigenvalue weighted by Gasteiger charge is -2.38. The van der Waals surface area contributed by atoms with Crippen LogP contribution in [-0.4, -0.2) is 37.8 Å². The Morgan fingerprint density at radius 2 is 1.87 bits per heavy atom. The normalized spacial score (nSPS) is 12.1. The highest BCUT2D eigenvalue weighted by molar-refractivity contribution is 6.10. The summed E-state index contributed by atoms with van der Waals surface area (Å²) in [6.07, 6.45) is 0.981. The predicted molar refractivity (Wildman–Crippen MR) is 58.2 cm³/mol. The maximum Gasteiger partial charge on any atom is 0.311 e. The van der Waals surface area contributed by atoms with E-state index < -0.39 is 11.0 Å². The fraction of sp³-hybridized carbons (Fsp3) is 0.800. The molecule has 2 radical (unpaired) electrons. The Balaban J connectivity index is 4.70. The van der Waals surface area contributed by atoms with Gasteiger partial charge >= 0.3 is 5.97 Å². The average Bonchev–Trinajstić information content (AvgIpc) is 2.13. The molecule has 0 rings (SSSR count). The first-order valence-corrected chi connectivity index (χ1v) is 4.75. The van der Waals surface area contributed by atoms with Crippen LogP contribution in [0.4, 0.5) is 0 Å². The number of amides is 1. The smallest absolute Gasteiger partial charge is 0.311 e. The molecule has 0 fully saturated rings. The maximum atomic E-state index is 11.5. The predicted octanol–water partition coefficient (Wildman–Crippen LogP) is 0.896. The molecule has 84 valence electrons. The van der Waals surface area contributed by atoms with Gasteiger partial charge in [0.1, 0.15) is 0 Å². The first kappa shape index (κ1) is 14.0. The molecule has 0 saturated heterocycles. The Morgan fingerprint density at radius 3 is 2.20 bits per heavy atom. The zero-order valence-electron chi connectivity index (χ0n) is 10.0. The SMILES string of the molecule is [B]N(C=O)C(C)(C)CC(C)(C)C(=O)OC. The molecule has 0 aromatic carbocycles. The van der Waals surface area contributed by atoms with E-state index in [1.54, 1.807) is 27.7 Å². The maximum absolute atomic E-state index is 11.5. The van der Waals surface area contributed by atoms with Gasteiger partial charge < -0.3 is 9.55 Å². The number of carbonyl (C=O) groups is 2. The lowest BCUT2D eigenvalue weighted by Crippen LogP contribution is -2.46. The third-order valence-corrected chi connectivity index (χ3v) is 2.43. The van der Waals surface area contributed by atoms with Gasteiger partial charge in [-0.2, -0.15) is 0 Å². The molecule has 0 aliphatic heterocycles. The van der Waals surface area contributed by atoms with Gasteiger partial charge in [0.2, 0.25) is 7.98 Å². The second-order valence-corrected chi connectivity index (χ2v) is 4.88. The summed E-state index contributed by atoms with van der Waals surface area (Å²) < 4.78 is 4.69. The largest absolute Gasteiger partial charge is 0.469 e. The van der Waals surface area contributed by atoms with Gasteiger partial charge in [-0.3, -0.25) is 9.59 Å². The molecule has 0 aromatic rings. The average molecular weight is 211 g/mol. The van der Waals surface area contributed by atoms with Crippen LogP contribution in [0, 0.1) is 5.41 Å². The minimum absolute atomic E-state index is 0.310. The van der Waals surface area contributed by atoms with Crippen LogP contribution in [-0.2, 0) is 14.3 Å². The van der Waals surface area contributed by atoms with Crippen LogP contribution >= 0.6 is 0 Å². The Hall–Kier alpha value is -0.995. The van der Waals surface area contributed by atoms with Crippen molar-refractivity contribution in [2.24, 2.45) is 5.41 Å². The van der Waals surface area contributed by atoms with E-state index in [0.29, 0.717) is 12.8 Å². The molecule has 0 aliphatic carbocycles. The van der Waals surface area contributed by atoms with Crippen molar-refractivity contribution in [1.82, 2.24) is 4.81 Å². The van der Waals surface area contributed by atoms with E-state index in [9.17, 15) is 9.59 Å². The summed E-state index contributed by atoms with van der Waals surface area (Å²) in [6, 6.07) is 0. The number of methoxy groups -OCH3 is 1. The molecule has 0 atom stereocenters. The number of ether oxygens (including phenoxy) is 1. The summed E-state index contributed by atoms with van der Waals surface area (Å²) in [5.74, 6) is -0.310. The Labute approximate surface area is 92.4 Å². The van der Waals surface area contributed by atoms with Crippen molar-refractivity contribution < 1.29 is 14.3 Å². The van der Waals surface area contributed by atoms with Gasteiger partial charge in [-0.15, -0.1) is 0 Å². The lowest BCUT2D eigenvalue weighted by atomic mass is 9.78. The monoisotopic (exact) mass is 211 g/mol. The first-order chi connectivity index (χ1) is 6.67. The van der Waals surface area contributed by atoms with Crippen molar-refractivity contribution in [3.05, 3.63) is 0 Å². The molecule has 1 amide bonds. The number of hydrogen-bond donors (Lipinski definition) is 0. The summed E-state index contributed by atoms with van der Waals surface area (Å²) in [4.78, 5) is 23.1. The molecule has 0 unspecified atom stereocenters. The molecule has 0 aliphatic rings. The number of carbonyl (C=O) groups excluding carboxylic acids is 2. The van der Waals surface area contributed by atoms with Gasteiger partial charge in [-0.1, -0.05) is 0 Å². The Kier molecular flexibility index (Phi) is 4.37. The molecule has 0 saturated carbocycles. The lowest BCUT2D eigenvalue weighted by molar-refractivity contribution is -0.152. The molecular formula is C10H18BNO3. The van der Waals surface area contributed by atoms with Crippen LogP contribution in [0.1, 0.15) is 34.1 Å². The standard InChI is InChI=1S/C10H18BNO3/c1-9(2,8(14)15-5)6-10(3,4)12(11)7-13/h7H,6H2,1-5H3. The van der Waals surface area contributed by atoms with Crippen LogP contribution in [0.3, 0.4) is 0 Å². The summed E-state index contributed by atoms with van der Waals surface area (Å²) >= 11 is 0. The van der Waals surface area contributed by atoms with Crippen molar-refractivity contribution in [1.29, 1.82) is 0 Å². The summed E-state index contributed by atoms with van der Waals surface area (Å²) in [5, 5.41) is 0. The molecule has 15 heavy (non-hydrogen) atoms. The van der Waals surface area contributed by atoms with E-state index in [1.807, 2.05) is 0 Å². The van der Waals surface area contributed by atoms with Gasteiger partial charge in [-0.25, -0.2) is 0 Å². The van der Waals surface area contributed by atoms with Gasteiger partial charge in [0.05, 0.1) is 12.5 Å². The quantitative estimate of drug-likeness (QED) is 0.385. The molecule has 0 spiro atoms. The highest BCUT2D eigenvalue weighted by Gasteiger charge is 2.37. The third kappa shape index (κ3) is 3.57. The second-order valence-electron chi connectivity index (χ2n) is 4.88. The minimum Gasteiger partial charge on any atom is -0.469 e.